The zero-order chi connectivity index (χ0) is 18.0. The molecule has 1 aliphatic carbocycles. The average Bonchev–Trinajstić information content (AvgIpc) is 3.09. The van der Waals surface area contributed by atoms with Gasteiger partial charge in [0.15, 0.2) is 0 Å². The van der Waals surface area contributed by atoms with Crippen LogP contribution in [-0.4, -0.2) is 35.6 Å². The van der Waals surface area contributed by atoms with Gasteiger partial charge in [-0.2, -0.15) is 9.40 Å². The van der Waals surface area contributed by atoms with Gasteiger partial charge in [0.2, 0.25) is 10.0 Å². The predicted molar refractivity (Wildman–Crippen MR) is 99.9 cm³/mol. The molecule has 0 bridgehead atoms. The second-order valence-corrected chi connectivity index (χ2v) is 9.06. The highest BCUT2D eigenvalue weighted by atomic mass is 32.2. The van der Waals surface area contributed by atoms with E-state index in [1.165, 1.54) is 6.42 Å². The summed E-state index contributed by atoms with van der Waals surface area (Å²) in [5.74, 6) is 0. The molecule has 3 rings (SSSR count). The molecule has 0 spiro atoms. The molecule has 1 aromatic carbocycles. The summed E-state index contributed by atoms with van der Waals surface area (Å²) in [6.07, 6.45) is 6.96. The fourth-order valence-corrected chi connectivity index (χ4v) is 4.98. The van der Waals surface area contributed by atoms with Gasteiger partial charge in [0.05, 0.1) is 0 Å². The fourth-order valence-electron chi connectivity index (χ4n) is 3.42. The van der Waals surface area contributed by atoms with Gasteiger partial charge in [-0.05, 0) is 26.7 Å². The van der Waals surface area contributed by atoms with Crippen molar-refractivity contribution in [1.82, 2.24) is 14.1 Å². The summed E-state index contributed by atoms with van der Waals surface area (Å²) in [4.78, 5) is 0.306. The Labute approximate surface area is 150 Å². The number of aromatic nitrogens is 2. The molecule has 6 heteroatoms. The van der Waals surface area contributed by atoms with Gasteiger partial charge in [0, 0.05) is 30.9 Å². The van der Waals surface area contributed by atoms with Crippen LogP contribution in [0.25, 0.3) is 11.3 Å². The van der Waals surface area contributed by atoms with E-state index in [2.05, 4.69) is 5.10 Å². The number of hydrogen-bond donors (Lipinski definition) is 0. The van der Waals surface area contributed by atoms with E-state index < -0.39 is 10.0 Å². The Kier molecular flexibility index (Phi) is 5.29. The second kappa shape index (κ2) is 7.30. The Morgan fingerprint density at radius 3 is 2.36 bits per heavy atom. The van der Waals surface area contributed by atoms with Gasteiger partial charge in [-0.1, -0.05) is 49.6 Å². The summed E-state index contributed by atoms with van der Waals surface area (Å²) < 4.78 is 30.0. The summed E-state index contributed by atoms with van der Waals surface area (Å²) in [6.45, 7) is 4.01. The van der Waals surface area contributed by atoms with Crippen molar-refractivity contribution in [3.63, 3.8) is 0 Å². The van der Waals surface area contributed by atoms with Crippen molar-refractivity contribution in [3.8, 4) is 11.3 Å². The Hall–Kier alpha value is -1.66. The van der Waals surface area contributed by atoms with Gasteiger partial charge in [-0.25, -0.2) is 8.42 Å². The molecule has 1 aliphatic rings. The monoisotopic (exact) mass is 361 g/mol. The Bertz CT molecular complexity index is 806. The molecular formula is C19H27N3O2S. The van der Waals surface area contributed by atoms with E-state index in [4.69, 9.17) is 0 Å². The van der Waals surface area contributed by atoms with Crippen molar-refractivity contribution in [3.05, 3.63) is 36.5 Å². The smallest absolute Gasteiger partial charge is 0.246 e. The molecule has 1 saturated carbocycles. The zero-order valence-electron chi connectivity index (χ0n) is 15.2. The molecule has 1 heterocycles. The van der Waals surface area contributed by atoms with Crippen LogP contribution in [0.3, 0.4) is 0 Å². The molecule has 25 heavy (non-hydrogen) atoms. The third-order valence-corrected chi connectivity index (χ3v) is 6.93. The van der Waals surface area contributed by atoms with E-state index in [9.17, 15) is 8.42 Å². The first kappa shape index (κ1) is 18.1. The van der Waals surface area contributed by atoms with Crippen LogP contribution >= 0.6 is 0 Å². The van der Waals surface area contributed by atoms with Crippen LogP contribution in [-0.2, 0) is 10.0 Å². The standard InChI is InChI=1S/C19H27N3O2S/c1-15(2)22-14-18(19(20-22)16-10-6-4-7-11-16)25(23,24)21(3)17-12-8-5-9-13-17/h4,6-7,10-11,14-15,17H,5,8-9,12-13H2,1-3H3. The van der Waals surface area contributed by atoms with Gasteiger partial charge in [0.25, 0.3) is 0 Å². The van der Waals surface area contributed by atoms with E-state index in [-0.39, 0.29) is 12.1 Å². The van der Waals surface area contributed by atoms with Crippen LogP contribution in [0.4, 0.5) is 0 Å². The lowest BCUT2D eigenvalue weighted by atomic mass is 9.96. The molecule has 0 N–H and O–H groups in total. The topological polar surface area (TPSA) is 55.2 Å². The van der Waals surface area contributed by atoms with Crippen LogP contribution in [0.15, 0.2) is 41.4 Å². The van der Waals surface area contributed by atoms with Crippen LogP contribution < -0.4 is 0 Å². The van der Waals surface area contributed by atoms with Crippen LogP contribution in [0.5, 0.6) is 0 Å². The number of benzene rings is 1. The largest absolute Gasteiger partial charge is 0.268 e. The molecule has 0 aliphatic heterocycles. The maximum absolute atomic E-state index is 13.3. The molecule has 1 aromatic heterocycles. The van der Waals surface area contributed by atoms with Crippen LogP contribution in [0.1, 0.15) is 52.0 Å². The summed E-state index contributed by atoms with van der Waals surface area (Å²) in [7, 11) is -1.87. The van der Waals surface area contributed by atoms with Crippen LogP contribution in [0.2, 0.25) is 0 Å². The van der Waals surface area contributed by atoms with Crippen molar-refractivity contribution < 1.29 is 8.42 Å². The van der Waals surface area contributed by atoms with Gasteiger partial charge < -0.3 is 0 Å². The molecule has 136 valence electrons. The maximum atomic E-state index is 13.3. The van der Waals surface area contributed by atoms with E-state index >= 15 is 0 Å². The Morgan fingerprint density at radius 1 is 1.12 bits per heavy atom. The SMILES string of the molecule is CC(C)n1cc(S(=O)(=O)N(C)C2CCCCC2)c(-c2ccccc2)n1. The minimum atomic E-state index is -3.58. The van der Waals surface area contributed by atoms with Crippen molar-refractivity contribution in [2.75, 3.05) is 7.05 Å². The van der Waals surface area contributed by atoms with E-state index in [1.54, 1.807) is 22.2 Å². The molecule has 5 nitrogen and oxygen atoms in total. The number of sulfonamides is 1. The molecule has 0 atom stereocenters. The molecule has 0 radical (unpaired) electrons. The molecular weight excluding hydrogens is 334 g/mol. The summed E-state index contributed by atoms with van der Waals surface area (Å²) in [5.41, 5.74) is 1.37. The maximum Gasteiger partial charge on any atom is 0.246 e. The van der Waals surface area contributed by atoms with Crippen molar-refractivity contribution in [2.45, 2.75) is 62.9 Å². The first-order chi connectivity index (χ1) is 11.9. The van der Waals surface area contributed by atoms with Gasteiger partial charge in [0.1, 0.15) is 10.6 Å². The van der Waals surface area contributed by atoms with Gasteiger partial charge >= 0.3 is 0 Å². The minimum Gasteiger partial charge on any atom is -0.268 e. The molecule has 2 aromatic rings. The van der Waals surface area contributed by atoms with E-state index in [0.29, 0.717) is 10.6 Å². The third-order valence-electron chi connectivity index (χ3n) is 5.02. The number of hydrogen-bond acceptors (Lipinski definition) is 3. The summed E-state index contributed by atoms with van der Waals surface area (Å²) >= 11 is 0. The normalized spacial score (nSPS) is 16.7. The molecule has 0 unspecified atom stereocenters. The van der Waals surface area contributed by atoms with Crippen LogP contribution in [0, 0.1) is 0 Å². The molecule has 0 saturated heterocycles. The highest BCUT2D eigenvalue weighted by Gasteiger charge is 2.33. The van der Waals surface area contributed by atoms with Gasteiger partial charge in [-0.3, -0.25) is 4.68 Å². The Morgan fingerprint density at radius 2 is 1.76 bits per heavy atom. The van der Waals surface area contributed by atoms with Crippen molar-refractivity contribution >= 4 is 10.0 Å². The average molecular weight is 362 g/mol. The fraction of sp³-hybridized carbons (Fsp3) is 0.526. The highest BCUT2D eigenvalue weighted by molar-refractivity contribution is 7.89. The lowest BCUT2D eigenvalue weighted by molar-refractivity contribution is 0.286. The molecule has 1 fully saturated rings. The Balaban J connectivity index is 2.05. The van der Waals surface area contributed by atoms with Crippen molar-refractivity contribution in [2.24, 2.45) is 0 Å². The predicted octanol–water partition coefficient (Wildman–Crippen LogP) is 4.08. The summed E-state index contributed by atoms with van der Waals surface area (Å²) in [6, 6.07) is 9.75. The van der Waals surface area contributed by atoms with Gasteiger partial charge in [-0.15, -0.1) is 0 Å². The number of nitrogens with zero attached hydrogens (tertiary/aromatic N) is 3. The lowest BCUT2D eigenvalue weighted by Gasteiger charge is -2.30. The molecule has 0 amide bonds. The quantitative estimate of drug-likeness (QED) is 0.806. The van der Waals surface area contributed by atoms with Crippen molar-refractivity contribution in [1.29, 1.82) is 0 Å². The summed E-state index contributed by atoms with van der Waals surface area (Å²) in [5, 5.41) is 4.58. The highest BCUT2D eigenvalue weighted by Crippen LogP contribution is 2.32. The third kappa shape index (κ3) is 3.65. The second-order valence-electron chi connectivity index (χ2n) is 7.09. The first-order valence-electron chi connectivity index (χ1n) is 9.04. The van der Waals surface area contributed by atoms with E-state index in [1.807, 2.05) is 44.2 Å². The van der Waals surface area contributed by atoms with E-state index in [0.717, 1.165) is 31.2 Å². The zero-order valence-corrected chi connectivity index (χ0v) is 16.0. The number of rotatable bonds is 5. The lowest BCUT2D eigenvalue weighted by Crippen LogP contribution is -2.38. The minimum absolute atomic E-state index is 0.0878. The first-order valence-corrected chi connectivity index (χ1v) is 10.5.